The number of rotatable bonds is 6. The second kappa shape index (κ2) is 5.99. The minimum absolute atomic E-state index is 0.223. The summed E-state index contributed by atoms with van der Waals surface area (Å²) in [6.45, 7) is 4.55. The SMILES string of the molecule is CC(C)n1cc(C(NCc2cccs2)C(=O)O)cn1. The zero-order chi connectivity index (χ0) is 13.8. The number of carboxylic acids is 1. The number of aromatic nitrogens is 2. The number of nitrogens with zero attached hydrogens (tertiary/aromatic N) is 2. The monoisotopic (exact) mass is 279 g/mol. The topological polar surface area (TPSA) is 67.2 Å². The summed E-state index contributed by atoms with van der Waals surface area (Å²) in [6, 6.07) is 3.43. The van der Waals surface area contributed by atoms with E-state index < -0.39 is 12.0 Å². The Morgan fingerprint density at radius 1 is 1.58 bits per heavy atom. The van der Waals surface area contributed by atoms with E-state index in [0.29, 0.717) is 12.1 Å². The highest BCUT2D eigenvalue weighted by Gasteiger charge is 2.21. The molecule has 0 aliphatic heterocycles. The van der Waals surface area contributed by atoms with Crippen LogP contribution < -0.4 is 5.32 Å². The molecule has 0 saturated heterocycles. The van der Waals surface area contributed by atoms with Crippen LogP contribution in [0.5, 0.6) is 0 Å². The molecule has 1 atom stereocenters. The highest BCUT2D eigenvalue weighted by atomic mass is 32.1. The number of thiophene rings is 1. The van der Waals surface area contributed by atoms with Gasteiger partial charge in [0.25, 0.3) is 0 Å². The van der Waals surface area contributed by atoms with Gasteiger partial charge in [-0.25, -0.2) is 0 Å². The van der Waals surface area contributed by atoms with Gasteiger partial charge in [0.1, 0.15) is 6.04 Å². The molecule has 2 N–H and O–H groups in total. The van der Waals surface area contributed by atoms with Crippen LogP contribution in [0.3, 0.4) is 0 Å². The van der Waals surface area contributed by atoms with Gasteiger partial charge < -0.3 is 5.11 Å². The molecular weight excluding hydrogens is 262 g/mol. The molecule has 0 amide bonds. The largest absolute Gasteiger partial charge is 0.480 e. The van der Waals surface area contributed by atoms with Crippen LogP contribution in [-0.4, -0.2) is 20.9 Å². The molecule has 2 heterocycles. The van der Waals surface area contributed by atoms with Gasteiger partial charge in [0.05, 0.1) is 6.20 Å². The Bertz CT molecular complexity index is 534. The lowest BCUT2D eigenvalue weighted by Gasteiger charge is -2.12. The van der Waals surface area contributed by atoms with Crippen molar-refractivity contribution >= 4 is 17.3 Å². The van der Waals surface area contributed by atoms with Crippen molar-refractivity contribution in [3.63, 3.8) is 0 Å². The van der Waals surface area contributed by atoms with Gasteiger partial charge in [-0.2, -0.15) is 5.10 Å². The van der Waals surface area contributed by atoms with Gasteiger partial charge in [0.2, 0.25) is 0 Å². The molecule has 2 aromatic rings. The number of aliphatic carboxylic acids is 1. The maximum atomic E-state index is 11.3. The predicted octanol–water partition coefficient (Wildman–Crippen LogP) is 2.44. The van der Waals surface area contributed by atoms with E-state index in [1.54, 1.807) is 28.4 Å². The van der Waals surface area contributed by atoms with Gasteiger partial charge in [-0.05, 0) is 25.3 Å². The second-order valence-electron chi connectivity index (χ2n) is 4.58. The fourth-order valence-electron chi connectivity index (χ4n) is 1.75. The molecule has 0 saturated carbocycles. The van der Waals surface area contributed by atoms with Gasteiger partial charge in [-0.15, -0.1) is 11.3 Å². The highest BCUT2D eigenvalue weighted by Crippen LogP contribution is 2.16. The molecule has 2 rings (SSSR count). The number of carboxylic acid groups (broad SMARTS) is 1. The van der Waals surface area contributed by atoms with Crippen molar-refractivity contribution in [1.29, 1.82) is 0 Å². The first-order valence-corrected chi connectivity index (χ1v) is 6.98. The molecule has 5 nitrogen and oxygen atoms in total. The van der Waals surface area contributed by atoms with Gasteiger partial charge in [0.15, 0.2) is 0 Å². The third kappa shape index (κ3) is 3.42. The fraction of sp³-hybridized carbons (Fsp3) is 0.385. The van der Waals surface area contributed by atoms with E-state index in [2.05, 4.69) is 10.4 Å². The molecule has 6 heteroatoms. The molecule has 0 fully saturated rings. The molecule has 0 aromatic carbocycles. The van der Waals surface area contributed by atoms with Crippen molar-refractivity contribution < 1.29 is 9.90 Å². The quantitative estimate of drug-likeness (QED) is 0.852. The van der Waals surface area contributed by atoms with E-state index in [1.807, 2.05) is 31.4 Å². The Labute approximate surface area is 115 Å². The Balaban J connectivity index is 2.08. The zero-order valence-electron chi connectivity index (χ0n) is 10.9. The standard InChI is InChI=1S/C13H17N3O2S/c1-9(2)16-8-10(6-15-16)12(13(17)18)14-7-11-4-3-5-19-11/h3-6,8-9,12,14H,7H2,1-2H3,(H,17,18). The minimum Gasteiger partial charge on any atom is -0.480 e. The highest BCUT2D eigenvalue weighted by molar-refractivity contribution is 7.09. The normalized spacial score (nSPS) is 12.8. The van der Waals surface area contributed by atoms with Crippen LogP contribution in [0.4, 0.5) is 0 Å². The van der Waals surface area contributed by atoms with Crippen LogP contribution in [0.15, 0.2) is 29.9 Å². The van der Waals surface area contributed by atoms with Crippen molar-refractivity contribution in [2.24, 2.45) is 0 Å². The van der Waals surface area contributed by atoms with Crippen molar-refractivity contribution in [3.8, 4) is 0 Å². The molecule has 0 radical (unpaired) electrons. The molecule has 0 aliphatic rings. The third-order valence-corrected chi connectivity index (χ3v) is 3.67. The van der Waals surface area contributed by atoms with E-state index in [0.717, 1.165) is 4.88 Å². The Hall–Kier alpha value is -1.66. The zero-order valence-corrected chi connectivity index (χ0v) is 11.7. The van der Waals surface area contributed by atoms with Gasteiger partial charge >= 0.3 is 5.97 Å². The summed E-state index contributed by atoms with van der Waals surface area (Å²) in [4.78, 5) is 12.5. The fourth-order valence-corrected chi connectivity index (χ4v) is 2.40. The summed E-state index contributed by atoms with van der Waals surface area (Å²) in [6.07, 6.45) is 3.39. The second-order valence-corrected chi connectivity index (χ2v) is 5.61. The van der Waals surface area contributed by atoms with Crippen LogP contribution in [-0.2, 0) is 11.3 Å². The number of hydrogen-bond donors (Lipinski definition) is 2. The number of nitrogens with one attached hydrogen (secondary N) is 1. The first-order valence-electron chi connectivity index (χ1n) is 6.10. The summed E-state index contributed by atoms with van der Waals surface area (Å²) >= 11 is 1.61. The summed E-state index contributed by atoms with van der Waals surface area (Å²) < 4.78 is 1.76. The maximum Gasteiger partial charge on any atom is 0.325 e. The average molecular weight is 279 g/mol. The molecule has 19 heavy (non-hydrogen) atoms. The van der Waals surface area contributed by atoms with E-state index in [4.69, 9.17) is 0 Å². The van der Waals surface area contributed by atoms with E-state index in [9.17, 15) is 9.90 Å². The van der Waals surface area contributed by atoms with Crippen molar-refractivity contribution in [2.75, 3.05) is 0 Å². The van der Waals surface area contributed by atoms with Gasteiger partial charge in [0, 0.05) is 29.2 Å². The Morgan fingerprint density at radius 3 is 2.89 bits per heavy atom. The van der Waals surface area contributed by atoms with Crippen molar-refractivity contribution in [1.82, 2.24) is 15.1 Å². The molecular formula is C13H17N3O2S. The third-order valence-electron chi connectivity index (χ3n) is 2.79. The first kappa shape index (κ1) is 13.8. The molecule has 0 spiro atoms. The summed E-state index contributed by atoms with van der Waals surface area (Å²) in [5.74, 6) is -0.889. The summed E-state index contributed by atoms with van der Waals surface area (Å²) in [7, 11) is 0. The first-order chi connectivity index (χ1) is 9.08. The lowest BCUT2D eigenvalue weighted by atomic mass is 10.1. The van der Waals surface area contributed by atoms with Crippen molar-refractivity contribution in [2.45, 2.75) is 32.5 Å². The van der Waals surface area contributed by atoms with Crippen LogP contribution in [0.1, 0.15) is 36.4 Å². The summed E-state index contributed by atoms with van der Waals surface area (Å²) in [5.41, 5.74) is 0.678. The van der Waals surface area contributed by atoms with Gasteiger partial charge in [-0.3, -0.25) is 14.8 Å². The van der Waals surface area contributed by atoms with Crippen LogP contribution in [0.25, 0.3) is 0 Å². The predicted molar refractivity (Wildman–Crippen MR) is 74.1 cm³/mol. The average Bonchev–Trinajstić information content (AvgIpc) is 2.98. The van der Waals surface area contributed by atoms with Crippen LogP contribution in [0, 0.1) is 0 Å². The molecule has 2 aromatic heterocycles. The summed E-state index contributed by atoms with van der Waals surface area (Å²) in [5, 5.41) is 18.5. The Kier molecular flexibility index (Phi) is 4.34. The minimum atomic E-state index is -0.889. The Morgan fingerprint density at radius 2 is 2.37 bits per heavy atom. The van der Waals surface area contributed by atoms with Crippen LogP contribution >= 0.6 is 11.3 Å². The number of hydrogen-bond acceptors (Lipinski definition) is 4. The molecule has 1 unspecified atom stereocenters. The van der Waals surface area contributed by atoms with E-state index >= 15 is 0 Å². The smallest absolute Gasteiger partial charge is 0.325 e. The molecule has 0 bridgehead atoms. The molecule has 102 valence electrons. The number of carbonyl (C=O) groups is 1. The van der Waals surface area contributed by atoms with Gasteiger partial charge in [-0.1, -0.05) is 6.07 Å². The van der Waals surface area contributed by atoms with E-state index in [1.165, 1.54) is 0 Å². The lowest BCUT2D eigenvalue weighted by molar-refractivity contribution is -0.139. The molecule has 0 aliphatic carbocycles. The lowest BCUT2D eigenvalue weighted by Crippen LogP contribution is -2.27. The maximum absolute atomic E-state index is 11.3. The van der Waals surface area contributed by atoms with Crippen molar-refractivity contribution in [3.05, 3.63) is 40.3 Å². The van der Waals surface area contributed by atoms with Crippen LogP contribution in [0.2, 0.25) is 0 Å². The van der Waals surface area contributed by atoms with E-state index in [-0.39, 0.29) is 6.04 Å².